The van der Waals surface area contributed by atoms with Crippen molar-refractivity contribution in [2.75, 3.05) is 18.0 Å². The van der Waals surface area contributed by atoms with Gasteiger partial charge in [-0.1, -0.05) is 0 Å². The molecule has 5 heteroatoms. The van der Waals surface area contributed by atoms with E-state index in [0.29, 0.717) is 37.2 Å². The third-order valence-electron chi connectivity index (χ3n) is 2.99. The smallest absolute Gasteiger partial charge is 0.161 e. The van der Waals surface area contributed by atoms with Crippen LogP contribution in [0.15, 0.2) is 16.6 Å². The van der Waals surface area contributed by atoms with Crippen LogP contribution in [-0.4, -0.2) is 24.3 Å². The first kappa shape index (κ1) is 12.3. The van der Waals surface area contributed by atoms with Gasteiger partial charge in [-0.15, -0.1) is 0 Å². The summed E-state index contributed by atoms with van der Waals surface area (Å²) in [5.74, 6) is -0.402. The molecule has 0 bridgehead atoms. The van der Waals surface area contributed by atoms with Crippen molar-refractivity contribution in [1.29, 1.82) is 5.26 Å². The summed E-state index contributed by atoms with van der Waals surface area (Å²) in [7, 11) is 0. The molecule has 1 aliphatic heterocycles. The molecule has 1 aliphatic rings. The number of rotatable bonds is 1. The predicted octanol–water partition coefficient (Wildman–Crippen LogP) is 2.42. The Labute approximate surface area is 108 Å². The summed E-state index contributed by atoms with van der Waals surface area (Å²) >= 11 is 3.10. The molecule has 0 atom stereocenters. The monoisotopic (exact) mass is 298 g/mol. The highest BCUT2D eigenvalue weighted by Crippen LogP contribution is 2.30. The second-order valence-corrected chi connectivity index (χ2v) is 4.88. The van der Waals surface area contributed by atoms with Crippen LogP contribution in [0.25, 0.3) is 0 Å². The van der Waals surface area contributed by atoms with Crippen molar-refractivity contribution in [1.82, 2.24) is 0 Å². The molecule has 90 valence electrons. The molecule has 0 aliphatic carbocycles. The van der Waals surface area contributed by atoms with Gasteiger partial charge in [0, 0.05) is 13.1 Å². The maximum Gasteiger partial charge on any atom is 0.161 e. The molecular weight excluding hydrogens is 287 g/mol. The number of anilines is 1. The lowest BCUT2D eigenvalue weighted by Crippen LogP contribution is -2.36. The zero-order valence-corrected chi connectivity index (χ0v) is 10.7. The van der Waals surface area contributed by atoms with E-state index in [1.165, 1.54) is 0 Å². The number of piperidine rings is 1. The Balaban J connectivity index is 2.28. The fraction of sp³-hybridized carbons (Fsp3) is 0.417. The number of halogens is 2. The molecule has 0 radical (unpaired) electrons. The van der Waals surface area contributed by atoms with Gasteiger partial charge in [0.2, 0.25) is 0 Å². The van der Waals surface area contributed by atoms with Crippen molar-refractivity contribution in [3.05, 3.63) is 28.0 Å². The number of aliphatic hydroxyl groups is 1. The van der Waals surface area contributed by atoms with E-state index >= 15 is 0 Å². The second kappa shape index (κ2) is 5.03. The minimum Gasteiger partial charge on any atom is -0.393 e. The van der Waals surface area contributed by atoms with E-state index in [9.17, 15) is 9.50 Å². The van der Waals surface area contributed by atoms with Crippen LogP contribution >= 0.6 is 15.9 Å². The van der Waals surface area contributed by atoms with Crippen LogP contribution in [0.3, 0.4) is 0 Å². The number of aliphatic hydroxyl groups excluding tert-OH is 1. The molecule has 1 N–H and O–H groups in total. The van der Waals surface area contributed by atoms with Crippen LogP contribution in [0.2, 0.25) is 0 Å². The maximum absolute atomic E-state index is 14.0. The zero-order chi connectivity index (χ0) is 12.4. The van der Waals surface area contributed by atoms with Gasteiger partial charge in [-0.2, -0.15) is 5.26 Å². The van der Waals surface area contributed by atoms with E-state index in [0.717, 1.165) is 0 Å². The predicted molar refractivity (Wildman–Crippen MR) is 66.3 cm³/mol. The summed E-state index contributed by atoms with van der Waals surface area (Å²) in [6, 6.07) is 5.15. The van der Waals surface area contributed by atoms with Crippen molar-refractivity contribution in [2.45, 2.75) is 18.9 Å². The number of benzene rings is 1. The molecule has 1 fully saturated rings. The standard InChI is InChI=1S/C12H12BrFN2O/c13-11-8(7-15)1-2-10(12(11)14)16-5-3-9(17)4-6-16/h1-2,9,17H,3-6H2. The van der Waals surface area contributed by atoms with E-state index in [4.69, 9.17) is 5.26 Å². The van der Waals surface area contributed by atoms with Gasteiger partial charge in [0.05, 0.1) is 21.8 Å². The van der Waals surface area contributed by atoms with E-state index in [2.05, 4.69) is 15.9 Å². The van der Waals surface area contributed by atoms with Gasteiger partial charge in [0.15, 0.2) is 5.82 Å². The molecule has 1 aromatic rings. The lowest BCUT2D eigenvalue weighted by atomic mass is 10.1. The molecule has 0 saturated carbocycles. The number of nitrogens with zero attached hydrogens (tertiary/aromatic N) is 2. The van der Waals surface area contributed by atoms with Crippen LogP contribution in [-0.2, 0) is 0 Å². The summed E-state index contributed by atoms with van der Waals surface area (Å²) in [5.41, 5.74) is 0.783. The molecule has 1 heterocycles. The Bertz CT molecular complexity index is 464. The number of nitriles is 1. The highest BCUT2D eigenvalue weighted by molar-refractivity contribution is 9.10. The Kier molecular flexibility index (Phi) is 3.65. The van der Waals surface area contributed by atoms with Crippen molar-refractivity contribution in [3.63, 3.8) is 0 Å². The first-order chi connectivity index (χ1) is 8.13. The molecule has 0 amide bonds. The first-order valence-corrected chi connectivity index (χ1v) is 6.24. The lowest BCUT2D eigenvalue weighted by molar-refractivity contribution is 0.145. The van der Waals surface area contributed by atoms with Gasteiger partial charge < -0.3 is 10.0 Å². The molecule has 17 heavy (non-hydrogen) atoms. The summed E-state index contributed by atoms with van der Waals surface area (Å²) in [4.78, 5) is 1.90. The van der Waals surface area contributed by atoms with Crippen LogP contribution < -0.4 is 4.90 Å². The van der Waals surface area contributed by atoms with Crippen LogP contribution in [0.5, 0.6) is 0 Å². The average molecular weight is 299 g/mol. The van der Waals surface area contributed by atoms with Gasteiger partial charge in [-0.3, -0.25) is 0 Å². The third kappa shape index (κ3) is 2.43. The Morgan fingerprint density at radius 1 is 1.41 bits per heavy atom. The first-order valence-electron chi connectivity index (χ1n) is 5.44. The summed E-state index contributed by atoms with van der Waals surface area (Å²) in [6.45, 7) is 1.27. The van der Waals surface area contributed by atoms with E-state index in [-0.39, 0.29) is 10.6 Å². The van der Waals surface area contributed by atoms with Crippen molar-refractivity contribution >= 4 is 21.6 Å². The van der Waals surface area contributed by atoms with Gasteiger partial charge in [0.25, 0.3) is 0 Å². The highest BCUT2D eigenvalue weighted by Gasteiger charge is 2.21. The Hall–Kier alpha value is -1.12. The van der Waals surface area contributed by atoms with E-state index in [1.807, 2.05) is 11.0 Å². The molecule has 0 unspecified atom stereocenters. The van der Waals surface area contributed by atoms with E-state index < -0.39 is 5.82 Å². The van der Waals surface area contributed by atoms with Crippen molar-refractivity contribution in [2.24, 2.45) is 0 Å². The minimum atomic E-state index is -0.402. The van der Waals surface area contributed by atoms with Gasteiger partial charge in [-0.25, -0.2) is 4.39 Å². The molecule has 3 nitrogen and oxygen atoms in total. The summed E-state index contributed by atoms with van der Waals surface area (Å²) in [5, 5.41) is 18.2. The molecule has 0 aromatic heterocycles. The molecule has 1 aromatic carbocycles. The summed E-state index contributed by atoms with van der Waals surface area (Å²) < 4.78 is 14.2. The number of hydrogen-bond donors (Lipinski definition) is 1. The van der Waals surface area contributed by atoms with E-state index in [1.54, 1.807) is 12.1 Å². The maximum atomic E-state index is 14.0. The average Bonchev–Trinajstić information content (AvgIpc) is 2.34. The van der Waals surface area contributed by atoms with Crippen molar-refractivity contribution < 1.29 is 9.50 Å². The molecule has 2 rings (SSSR count). The van der Waals surface area contributed by atoms with Crippen LogP contribution in [0.4, 0.5) is 10.1 Å². The zero-order valence-electron chi connectivity index (χ0n) is 9.16. The summed E-state index contributed by atoms with van der Waals surface area (Å²) in [6.07, 6.45) is 1.02. The fourth-order valence-corrected chi connectivity index (χ4v) is 2.40. The highest BCUT2D eigenvalue weighted by atomic mass is 79.9. The van der Waals surface area contributed by atoms with Crippen LogP contribution in [0.1, 0.15) is 18.4 Å². The SMILES string of the molecule is N#Cc1ccc(N2CCC(O)CC2)c(F)c1Br. The second-order valence-electron chi connectivity index (χ2n) is 4.09. The molecular formula is C12H12BrFN2O. The lowest BCUT2D eigenvalue weighted by Gasteiger charge is -2.31. The largest absolute Gasteiger partial charge is 0.393 e. The molecule has 0 spiro atoms. The quantitative estimate of drug-likeness (QED) is 0.866. The van der Waals surface area contributed by atoms with Crippen molar-refractivity contribution in [3.8, 4) is 6.07 Å². The van der Waals surface area contributed by atoms with Gasteiger partial charge in [0.1, 0.15) is 6.07 Å². The third-order valence-corrected chi connectivity index (χ3v) is 3.76. The Morgan fingerprint density at radius 2 is 2.06 bits per heavy atom. The Morgan fingerprint density at radius 3 is 2.65 bits per heavy atom. The fourth-order valence-electron chi connectivity index (χ4n) is 1.98. The number of hydrogen-bond acceptors (Lipinski definition) is 3. The molecule has 1 saturated heterocycles. The van der Waals surface area contributed by atoms with Gasteiger partial charge in [-0.05, 0) is 40.9 Å². The minimum absolute atomic E-state index is 0.212. The van der Waals surface area contributed by atoms with Crippen LogP contribution in [0, 0.1) is 17.1 Å². The normalized spacial score (nSPS) is 16.9. The topological polar surface area (TPSA) is 47.3 Å². The van der Waals surface area contributed by atoms with Gasteiger partial charge >= 0.3 is 0 Å².